The molecule has 0 bridgehead atoms. The number of imidazole rings is 1. The van der Waals surface area contributed by atoms with Crippen LogP contribution < -0.4 is 0 Å². The molecule has 1 saturated carbocycles. The smallest absolute Gasteiger partial charge is 0.313 e. The molecule has 17 heavy (non-hydrogen) atoms. The Morgan fingerprint density at radius 1 is 1.65 bits per heavy atom. The van der Waals surface area contributed by atoms with E-state index in [1.807, 2.05) is 6.20 Å². The lowest BCUT2D eigenvalue weighted by Gasteiger charge is -2.19. The van der Waals surface area contributed by atoms with Gasteiger partial charge >= 0.3 is 5.97 Å². The van der Waals surface area contributed by atoms with Crippen molar-refractivity contribution in [2.24, 2.45) is 0 Å². The van der Waals surface area contributed by atoms with Crippen LogP contribution in [0.3, 0.4) is 0 Å². The van der Waals surface area contributed by atoms with E-state index in [0.29, 0.717) is 5.92 Å². The van der Waals surface area contributed by atoms with Crippen LogP contribution in [0.15, 0.2) is 11.4 Å². The molecule has 1 aliphatic carbocycles. The maximum Gasteiger partial charge on any atom is 0.313 e. The first-order valence-corrected chi connectivity index (χ1v) is 6.85. The zero-order valence-electron chi connectivity index (χ0n) is 10.4. The van der Waals surface area contributed by atoms with E-state index in [-0.39, 0.29) is 11.3 Å². The second-order valence-electron chi connectivity index (χ2n) is 5.14. The minimum atomic E-state index is -0.795. The van der Waals surface area contributed by atoms with Crippen LogP contribution in [0.5, 0.6) is 0 Å². The van der Waals surface area contributed by atoms with Crippen LogP contribution in [0.4, 0.5) is 0 Å². The van der Waals surface area contributed by atoms with E-state index in [2.05, 4.69) is 30.3 Å². The quantitative estimate of drug-likeness (QED) is 0.821. The predicted octanol–water partition coefficient (Wildman–Crippen LogP) is 2.69. The van der Waals surface area contributed by atoms with E-state index in [4.69, 9.17) is 5.11 Å². The number of hydrogen-bond donors (Lipinski definition) is 1. The molecule has 1 aliphatic rings. The van der Waals surface area contributed by atoms with Gasteiger partial charge in [0.15, 0.2) is 5.16 Å². The Hall–Kier alpha value is -0.970. The highest BCUT2D eigenvalue weighted by atomic mass is 32.2. The average molecular weight is 254 g/mol. The molecule has 0 aromatic carbocycles. The fourth-order valence-corrected chi connectivity index (χ4v) is 2.76. The molecule has 1 fully saturated rings. The van der Waals surface area contributed by atoms with Crippen molar-refractivity contribution >= 4 is 17.7 Å². The summed E-state index contributed by atoms with van der Waals surface area (Å²) in [6, 6.07) is 0. The molecule has 94 valence electrons. The fourth-order valence-electron chi connectivity index (χ4n) is 1.93. The molecule has 1 aromatic heterocycles. The summed E-state index contributed by atoms with van der Waals surface area (Å²) in [7, 11) is 0. The Labute approximate surface area is 105 Å². The molecule has 0 spiro atoms. The molecule has 2 rings (SSSR count). The van der Waals surface area contributed by atoms with Gasteiger partial charge in [0.2, 0.25) is 0 Å². The first-order chi connectivity index (χ1) is 7.94. The van der Waals surface area contributed by atoms with Gasteiger partial charge in [0.05, 0.1) is 5.75 Å². The summed E-state index contributed by atoms with van der Waals surface area (Å²) in [5.41, 5.74) is 1.37. The molecule has 0 atom stereocenters. The van der Waals surface area contributed by atoms with Gasteiger partial charge in [0.1, 0.15) is 0 Å². The first-order valence-electron chi connectivity index (χ1n) is 5.87. The number of thioether (sulfide) groups is 1. The second-order valence-corrected chi connectivity index (χ2v) is 6.08. The van der Waals surface area contributed by atoms with Crippen LogP contribution in [0.2, 0.25) is 0 Å². The van der Waals surface area contributed by atoms with Crippen LogP contribution in [0.1, 0.15) is 45.2 Å². The summed E-state index contributed by atoms with van der Waals surface area (Å²) in [6.07, 6.45) is 4.20. The molecular formula is C12H18N2O2S. The minimum Gasteiger partial charge on any atom is -0.481 e. The number of aromatic nitrogens is 2. The van der Waals surface area contributed by atoms with Gasteiger partial charge < -0.3 is 9.67 Å². The van der Waals surface area contributed by atoms with E-state index in [9.17, 15) is 4.79 Å². The van der Waals surface area contributed by atoms with Gasteiger partial charge in [-0.25, -0.2) is 4.98 Å². The topological polar surface area (TPSA) is 55.1 Å². The molecule has 0 aliphatic heterocycles. The summed E-state index contributed by atoms with van der Waals surface area (Å²) in [5, 5.41) is 9.59. The largest absolute Gasteiger partial charge is 0.481 e. The van der Waals surface area contributed by atoms with Crippen molar-refractivity contribution in [2.45, 2.75) is 50.2 Å². The first kappa shape index (κ1) is 12.5. The van der Waals surface area contributed by atoms with Gasteiger partial charge in [-0.2, -0.15) is 0 Å². The van der Waals surface area contributed by atoms with Crippen LogP contribution in [-0.2, 0) is 10.3 Å². The SMILES string of the molecule is CC(C)c1cnc(SCC(=O)O)n1C1(C)CC1. The van der Waals surface area contributed by atoms with E-state index in [1.165, 1.54) is 17.5 Å². The van der Waals surface area contributed by atoms with Gasteiger partial charge in [0, 0.05) is 17.4 Å². The van der Waals surface area contributed by atoms with Crippen LogP contribution in [-0.4, -0.2) is 26.4 Å². The highest BCUT2D eigenvalue weighted by molar-refractivity contribution is 7.99. The van der Waals surface area contributed by atoms with E-state index in [1.54, 1.807) is 0 Å². The lowest BCUT2D eigenvalue weighted by Crippen LogP contribution is -2.17. The summed E-state index contributed by atoms with van der Waals surface area (Å²) < 4.78 is 2.24. The monoisotopic (exact) mass is 254 g/mol. The number of carboxylic acids is 1. The van der Waals surface area contributed by atoms with Crippen molar-refractivity contribution in [1.82, 2.24) is 9.55 Å². The number of carboxylic acid groups (broad SMARTS) is 1. The maximum atomic E-state index is 10.6. The lowest BCUT2D eigenvalue weighted by atomic mass is 10.1. The predicted molar refractivity (Wildman–Crippen MR) is 67.6 cm³/mol. The third kappa shape index (κ3) is 2.49. The zero-order chi connectivity index (χ0) is 12.6. The van der Waals surface area contributed by atoms with Gasteiger partial charge in [-0.15, -0.1) is 0 Å². The Kier molecular flexibility index (Phi) is 3.21. The summed E-state index contributed by atoms with van der Waals surface area (Å²) >= 11 is 1.31. The number of rotatable bonds is 5. The second kappa shape index (κ2) is 4.37. The lowest BCUT2D eigenvalue weighted by molar-refractivity contribution is -0.133. The van der Waals surface area contributed by atoms with Gasteiger partial charge in [-0.1, -0.05) is 25.6 Å². The number of hydrogen-bond acceptors (Lipinski definition) is 3. The highest BCUT2D eigenvalue weighted by Crippen LogP contribution is 2.46. The third-order valence-electron chi connectivity index (χ3n) is 3.19. The summed E-state index contributed by atoms with van der Waals surface area (Å²) in [5.74, 6) is -0.305. The summed E-state index contributed by atoms with van der Waals surface area (Å²) in [4.78, 5) is 15.0. The minimum absolute atomic E-state index is 0.0740. The molecule has 0 saturated heterocycles. The zero-order valence-corrected chi connectivity index (χ0v) is 11.3. The standard InChI is InChI=1S/C12H18N2O2S/c1-8(2)9-6-13-11(17-7-10(15)16)14(9)12(3)4-5-12/h6,8H,4-5,7H2,1-3H3,(H,15,16). The third-order valence-corrected chi connectivity index (χ3v) is 4.12. The number of nitrogens with zero attached hydrogens (tertiary/aromatic N) is 2. The highest BCUT2D eigenvalue weighted by Gasteiger charge is 2.42. The molecule has 0 radical (unpaired) electrons. The van der Waals surface area contributed by atoms with Gasteiger partial charge in [-0.05, 0) is 25.7 Å². The Bertz CT molecular complexity index is 436. The van der Waals surface area contributed by atoms with Gasteiger partial charge in [-0.3, -0.25) is 4.79 Å². The number of carbonyl (C=O) groups is 1. The van der Waals surface area contributed by atoms with E-state index in [0.717, 1.165) is 18.0 Å². The molecule has 4 nitrogen and oxygen atoms in total. The fraction of sp³-hybridized carbons (Fsp3) is 0.667. The van der Waals surface area contributed by atoms with E-state index < -0.39 is 5.97 Å². The van der Waals surface area contributed by atoms with Crippen molar-refractivity contribution in [1.29, 1.82) is 0 Å². The molecule has 1 heterocycles. The molecular weight excluding hydrogens is 236 g/mol. The Morgan fingerprint density at radius 2 is 2.29 bits per heavy atom. The van der Waals surface area contributed by atoms with Crippen molar-refractivity contribution in [3.63, 3.8) is 0 Å². The normalized spacial score (nSPS) is 17.4. The average Bonchev–Trinajstić information content (AvgIpc) is 2.82. The Balaban J connectivity index is 2.29. The van der Waals surface area contributed by atoms with Crippen molar-refractivity contribution in [3.05, 3.63) is 11.9 Å². The van der Waals surface area contributed by atoms with Crippen molar-refractivity contribution in [3.8, 4) is 0 Å². The van der Waals surface area contributed by atoms with Crippen molar-refractivity contribution < 1.29 is 9.90 Å². The maximum absolute atomic E-state index is 10.6. The molecule has 0 amide bonds. The van der Waals surface area contributed by atoms with Crippen LogP contribution in [0.25, 0.3) is 0 Å². The van der Waals surface area contributed by atoms with E-state index >= 15 is 0 Å². The number of aliphatic carboxylic acids is 1. The van der Waals surface area contributed by atoms with Crippen LogP contribution in [0, 0.1) is 0 Å². The van der Waals surface area contributed by atoms with Crippen LogP contribution >= 0.6 is 11.8 Å². The van der Waals surface area contributed by atoms with Gasteiger partial charge in [0.25, 0.3) is 0 Å². The molecule has 0 unspecified atom stereocenters. The molecule has 1 aromatic rings. The Morgan fingerprint density at radius 3 is 2.76 bits per heavy atom. The van der Waals surface area contributed by atoms with Crippen molar-refractivity contribution in [2.75, 3.05) is 5.75 Å². The molecule has 1 N–H and O–H groups in total. The summed E-state index contributed by atoms with van der Waals surface area (Å²) in [6.45, 7) is 6.50. The molecule has 5 heteroatoms.